The van der Waals surface area contributed by atoms with Gasteiger partial charge in [-0.15, -0.1) is 0 Å². The number of nitrogens with zero attached hydrogens (tertiary/aromatic N) is 3. The Labute approximate surface area is 128 Å². The van der Waals surface area contributed by atoms with E-state index < -0.39 is 0 Å². The molecule has 2 rings (SSSR count). The van der Waals surface area contributed by atoms with Crippen molar-refractivity contribution < 1.29 is 0 Å². The molecule has 21 heavy (non-hydrogen) atoms. The highest BCUT2D eigenvalue weighted by Gasteiger charge is 2.32. The Morgan fingerprint density at radius 1 is 1.19 bits per heavy atom. The van der Waals surface area contributed by atoms with Crippen molar-refractivity contribution in [2.24, 2.45) is 10.9 Å². The molecule has 0 aliphatic heterocycles. The first-order valence-electron chi connectivity index (χ1n) is 7.74. The Bertz CT molecular complexity index is 447. The molecule has 0 aromatic heterocycles. The van der Waals surface area contributed by atoms with Gasteiger partial charge in [0.05, 0.1) is 6.54 Å². The van der Waals surface area contributed by atoms with E-state index in [0.717, 1.165) is 25.0 Å². The topological polar surface area (TPSA) is 30.9 Å². The highest BCUT2D eigenvalue weighted by molar-refractivity contribution is 5.79. The number of guanidine groups is 1. The molecule has 0 saturated heterocycles. The number of aliphatic imine (C=N–C) groups is 1. The van der Waals surface area contributed by atoms with Gasteiger partial charge in [-0.05, 0) is 38.4 Å². The van der Waals surface area contributed by atoms with Crippen LogP contribution in [0.25, 0.3) is 0 Å². The Kier molecular flexibility index (Phi) is 5.62. The molecule has 1 aromatic rings. The number of rotatable bonds is 6. The van der Waals surface area contributed by atoms with Crippen molar-refractivity contribution in [3.63, 3.8) is 0 Å². The average molecular weight is 288 g/mol. The van der Waals surface area contributed by atoms with Crippen LogP contribution in [0, 0.1) is 5.92 Å². The Morgan fingerprint density at radius 3 is 2.38 bits per heavy atom. The van der Waals surface area contributed by atoms with E-state index in [-0.39, 0.29) is 0 Å². The normalized spacial score (nSPS) is 16.9. The van der Waals surface area contributed by atoms with Crippen molar-refractivity contribution >= 4 is 5.96 Å². The van der Waals surface area contributed by atoms with Crippen LogP contribution in [0.3, 0.4) is 0 Å². The fraction of sp³-hybridized carbons (Fsp3) is 0.588. The van der Waals surface area contributed by atoms with Crippen LogP contribution in [0.2, 0.25) is 0 Å². The number of hydrogen-bond donors (Lipinski definition) is 1. The van der Waals surface area contributed by atoms with Crippen molar-refractivity contribution in [3.8, 4) is 0 Å². The van der Waals surface area contributed by atoms with Crippen LogP contribution in [0.1, 0.15) is 18.4 Å². The maximum absolute atomic E-state index is 4.72. The maximum Gasteiger partial charge on any atom is 0.193 e. The predicted molar refractivity (Wildman–Crippen MR) is 89.5 cm³/mol. The third kappa shape index (κ3) is 5.05. The second-order valence-electron chi connectivity index (χ2n) is 6.27. The molecule has 0 amide bonds. The zero-order valence-electron chi connectivity index (χ0n) is 13.7. The summed E-state index contributed by atoms with van der Waals surface area (Å²) in [6.07, 6.45) is 2.73. The molecule has 116 valence electrons. The molecule has 0 spiro atoms. The van der Waals surface area contributed by atoms with Crippen LogP contribution in [0.15, 0.2) is 35.3 Å². The van der Waals surface area contributed by atoms with E-state index in [9.17, 15) is 0 Å². The highest BCUT2D eigenvalue weighted by atomic mass is 15.3. The van der Waals surface area contributed by atoms with Gasteiger partial charge in [0.1, 0.15) is 0 Å². The van der Waals surface area contributed by atoms with E-state index in [1.165, 1.54) is 18.4 Å². The van der Waals surface area contributed by atoms with E-state index in [0.29, 0.717) is 6.04 Å². The van der Waals surface area contributed by atoms with Crippen molar-refractivity contribution in [2.75, 3.05) is 34.7 Å². The van der Waals surface area contributed by atoms with Gasteiger partial charge in [0.2, 0.25) is 0 Å². The van der Waals surface area contributed by atoms with Crippen molar-refractivity contribution in [2.45, 2.75) is 25.4 Å². The molecule has 1 aromatic carbocycles. The second kappa shape index (κ2) is 7.46. The molecular formula is C17H28N4. The summed E-state index contributed by atoms with van der Waals surface area (Å²) in [4.78, 5) is 9.10. The molecule has 4 nitrogen and oxygen atoms in total. The molecule has 1 aliphatic carbocycles. The minimum atomic E-state index is 0.604. The van der Waals surface area contributed by atoms with E-state index in [2.05, 4.69) is 53.5 Å². The van der Waals surface area contributed by atoms with Gasteiger partial charge < -0.3 is 15.1 Å². The maximum atomic E-state index is 4.72. The zero-order chi connectivity index (χ0) is 15.2. The van der Waals surface area contributed by atoms with Gasteiger partial charge >= 0.3 is 0 Å². The third-order valence-corrected chi connectivity index (χ3v) is 3.98. The van der Waals surface area contributed by atoms with Gasteiger partial charge in [-0.1, -0.05) is 30.3 Å². The summed E-state index contributed by atoms with van der Waals surface area (Å²) in [6, 6.07) is 11.0. The van der Waals surface area contributed by atoms with Crippen LogP contribution in [0.5, 0.6) is 0 Å². The molecule has 0 heterocycles. The minimum absolute atomic E-state index is 0.604. The Balaban J connectivity index is 1.92. The molecule has 1 saturated carbocycles. The smallest absolute Gasteiger partial charge is 0.193 e. The Morgan fingerprint density at radius 2 is 1.86 bits per heavy atom. The highest BCUT2D eigenvalue weighted by Crippen LogP contribution is 2.34. The van der Waals surface area contributed by atoms with Crippen LogP contribution in [-0.4, -0.2) is 56.5 Å². The first kappa shape index (κ1) is 15.8. The summed E-state index contributed by atoms with van der Waals surface area (Å²) >= 11 is 0. The van der Waals surface area contributed by atoms with Gasteiger partial charge in [-0.2, -0.15) is 0 Å². The van der Waals surface area contributed by atoms with Gasteiger partial charge in [0.15, 0.2) is 5.96 Å². The van der Waals surface area contributed by atoms with E-state index in [1.807, 2.05) is 20.2 Å². The first-order chi connectivity index (χ1) is 10.1. The summed E-state index contributed by atoms with van der Waals surface area (Å²) in [5.41, 5.74) is 1.24. The quantitative estimate of drug-likeness (QED) is 0.642. The minimum Gasteiger partial charge on any atom is -0.355 e. The monoisotopic (exact) mass is 288 g/mol. The summed E-state index contributed by atoms with van der Waals surface area (Å²) in [7, 11) is 8.42. The number of likely N-dealkylation sites (N-methyl/N-ethyl adjacent to an activating group) is 1. The molecule has 0 bridgehead atoms. The predicted octanol–water partition coefficient (Wildman–Crippen LogP) is 2.03. The van der Waals surface area contributed by atoms with E-state index in [4.69, 9.17) is 4.99 Å². The summed E-state index contributed by atoms with van der Waals surface area (Å²) < 4.78 is 0. The molecule has 1 unspecified atom stereocenters. The van der Waals surface area contributed by atoms with Gasteiger partial charge in [0.25, 0.3) is 0 Å². The van der Waals surface area contributed by atoms with Crippen LogP contribution < -0.4 is 5.32 Å². The lowest BCUT2D eigenvalue weighted by atomic mass is 10.1. The second-order valence-corrected chi connectivity index (χ2v) is 6.27. The van der Waals surface area contributed by atoms with Gasteiger partial charge in [0, 0.05) is 26.7 Å². The number of benzene rings is 1. The molecule has 1 N–H and O–H groups in total. The van der Waals surface area contributed by atoms with Gasteiger partial charge in [-0.25, -0.2) is 4.99 Å². The molecular weight excluding hydrogens is 260 g/mol. The van der Waals surface area contributed by atoms with E-state index >= 15 is 0 Å². The van der Waals surface area contributed by atoms with Crippen molar-refractivity contribution in [1.82, 2.24) is 15.1 Å². The standard InChI is InChI=1S/C17H28N4/c1-20(2)16(15-10-11-15)13-19-17(21(3)4)18-12-14-8-6-5-7-9-14/h5-9,15-16H,10-13H2,1-4H3,(H,18,19). The average Bonchev–Trinajstić information content (AvgIpc) is 3.27. The Hall–Kier alpha value is -1.55. The number of nitrogens with one attached hydrogen (secondary N) is 1. The van der Waals surface area contributed by atoms with Crippen LogP contribution >= 0.6 is 0 Å². The molecule has 4 heteroatoms. The van der Waals surface area contributed by atoms with Crippen LogP contribution in [0.4, 0.5) is 0 Å². The molecule has 0 radical (unpaired) electrons. The first-order valence-corrected chi connectivity index (χ1v) is 7.74. The lowest BCUT2D eigenvalue weighted by Crippen LogP contribution is -2.45. The molecule has 1 aliphatic rings. The molecule has 1 atom stereocenters. The third-order valence-electron chi connectivity index (χ3n) is 3.98. The number of hydrogen-bond acceptors (Lipinski definition) is 2. The largest absolute Gasteiger partial charge is 0.355 e. The fourth-order valence-electron chi connectivity index (χ4n) is 2.55. The summed E-state index contributed by atoms with van der Waals surface area (Å²) in [6.45, 7) is 1.68. The zero-order valence-corrected chi connectivity index (χ0v) is 13.7. The fourth-order valence-corrected chi connectivity index (χ4v) is 2.55. The van der Waals surface area contributed by atoms with Crippen LogP contribution in [-0.2, 0) is 6.54 Å². The van der Waals surface area contributed by atoms with Crippen molar-refractivity contribution in [3.05, 3.63) is 35.9 Å². The lowest BCUT2D eigenvalue weighted by molar-refractivity contribution is 0.262. The van der Waals surface area contributed by atoms with Gasteiger partial charge in [-0.3, -0.25) is 0 Å². The van der Waals surface area contributed by atoms with Crippen molar-refractivity contribution in [1.29, 1.82) is 0 Å². The van der Waals surface area contributed by atoms with E-state index in [1.54, 1.807) is 0 Å². The SMILES string of the molecule is CN(C)C(=NCc1ccccc1)NCC(C1CC1)N(C)C. The summed E-state index contributed by atoms with van der Waals surface area (Å²) in [5, 5.41) is 3.53. The summed E-state index contributed by atoms with van der Waals surface area (Å²) in [5.74, 6) is 1.82. The lowest BCUT2D eigenvalue weighted by Gasteiger charge is -2.27. The molecule has 1 fully saturated rings.